The molecule has 4 nitrogen and oxygen atoms in total. The van der Waals surface area contributed by atoms with Gasteiger partial charge in [0.1, 0.15) is 0 Å². The molecule has 1 atom stereocenters. The van der Waals surface area contributed by atoms with Gasteiger partial charge < -0.3 is 15.7 Å². The molecule has 0 saturated carbocycles. The Labute approximate surface area is 91.4 Å². The number of hydrogen-bond acceptors (Lipinski definition) is 3. The smallest absolute Gasteiger partial charge is 0.308 e. The highest BCUT2D eigenvalue weighted by atomic mass is 16.4. The van der Waals surface area contributed by atoms with Crippen LogP contribution in [-0.2, 0) is 4.79 Å². The van der Waals surface area contributed by atoms with Crippen molar-refractivity contribution in [2.24, 2.45) is 17.6 Å². The summed E-state index contributed by atoms with van der Waals surface area (Å²) in [6, 6.07) is 0.562. The van der Waals surface area contributed by atoms with Crippen LogP contribution in [0.3, 0.4) is 0 Å². The van der Waals surface area contributed by atoms with E-state index in [9.17, 15) is 4.79 Å². The second-order valence-corrected chi connectivity index (χ2v) is 4.65. The Morgan fingerprint density at radius 2 is 2.00 bits per heavy atom. The van der Waals surface area contributed by atoms with Crippen LogP contribution in [0.5, 0.6) is 0 Å². The van der Waals surface area contributed by atoms with Gasteiger partial charge in [0.25, 0.3) is 0 Å². The summed E-state index contributed by atoms with van der Waals surface area (Å²) in [6.07, 6.45) is 1.93. The number of aliphatic carboxylic acids is 1. The first-order valence-electron chi connectivity index (χ1n) is 5.73. The Morgan fingerprint density at radius 1 is 1.47 bits per heavy atom. The number of carbonyl (C=O) groups is 1. The van der Waals surface area contributed by atoms with Crippen molar-refractivity contribution >= 4 is 5.97 Å². The zero-order valence-corrected chi connectivity index (χ0v) is 9.65. The van der Waals surface area contributed by atoms with Crippen molar-refractivity contribution in [3.8, 4) is 0 Å². The van der Waals surface area contributed by atoms with Crippen LogP contribution in [-0.4, -0.2) is 41.7 Å². The van der Waals surface area contributed by atoms with Crippen LogP contribution in [0.1, 0.15) is 26.7 Å². The van der Waals surface area contributed by atoms with E-state index in [1.807, 2.05) is 0 Å². The fourth-order valence-electron chi connectivity index (χ4n) is 2.33. The minimum absolute atomic E-state index is 0.266. The van der Waals surface area contributed by atoms with Crippen molar-refractivity contribution in [3.63, 3.8) is 0 Å². The molecule has 0 bridgehead atoms. The van der Waals surface area contributed by atoms with Crippen molar-refractivity contribution in [1.82, 2.24) is 4.90 Å². The monoisotopic (exact) mass is 214 g/mol. The van der Waals surface area contributed by atoms with Crippen LogP contribution in [0.25, 0.3) is 0 Å². The molecule has 0 radical (unpaired) electrons. The number of nitrogens with two attached hydrogens (primary N) is 1. The summed E-state index contributed by atoms with van der Waals surface area (Å²) in [4.78, 5) is 13.3. The number of nitrogens with zero attached hydrogens (tertiary/aromatic N) is 1. The molecule has 1 unspecified atom stereocenters. The lowest BCUT2D eigenvalue weighted by Crippen LogP contribution is -2.42. The number of hydrogen-bond donors (Lipinski definition) is 2. The molecule has 1 rings (SSSR count). The summed E-state index contributed by atoms with van der Waals surface area (Å²) < 4.78 is 0. The molecular weight excluding hydrogens is 192 g/mol. The molecule has 1 fully saturated rings. The third kappa shape index (κ3) is 3.18. The van der Waals surface area contributed by atoms with Crippen LogP contribution in [0.4, 0.5) is 0 Å². The zero-order chi connectivity index (χ0) is 11.4. The second kappa shape index (κ2) is 5.47. The first-order valence-corrected chi connectivity index (χ1v) is 5.73. The normalized spacial score (nSPS) is 21.9. The molecule has 0 amide bonds. The van der Waals surface area contributed by atoms with E-state index in [0.717, 1.165) is 25.9 Å². The summed E-state index contributed by atoms with van der Waals surface area (Å²) in [7, 11) is 0. The maximum atomic E-state index is 11.0. The second-order valence-electron chi connectivity index (χ2n) is 4.65. The van der Waals surface area contributed by atoms with Crippen LogP contribution in [0.2, 0.25) is 0 Å². The Morgan fingerprint density at radius 3 is 2.33 bits per heavy atom. The van der Waals surface area contributed by atoms with Gasteiger partial charge in [-0.05, 0) is 45.7 Å². The SMILES string of the molecule is CC(C)N1CCC(C(CN)C(=O)O)CC1. The molecule has 0 spiro atoms. The molecule has 0 aliphatic carbocycles. The predicted molar refractivity (Wildman–Crippen MR) is 59.6 cm³/mol. The average Bonchev–Trinajstić information content (AvgIpc) is 2.19. The van der Waals surface area contributed by atoms with E-state index in [4.69, 9.17) is 10.8 Å². The molecule has 3 N–H and O–H groups in total. The van der Waals surface area contributed by atoms with Gasteiger partial charge in [0.05, 0.1) is 5.92 Å². The fraction of sp³-hybridized carbons (Fsp3) is 0.909. The standard InChI is InChI=1S/C11H22N2O2/c1-8(2)13-5-3-9(4-6-13)10(7-12)11(14)15/h8-10H,3-7,12H2,1-2H3,(H,14,15). The molecule has 15 heavy (non-hydrogen) atoms. The van der Waals surface area contributed by atoms with E-state index in [0.29, 0.717) is 6.04 Å². The fourth-order valence-corrected chi connectivity index (χ4v) is 2.33. The van der Waals surface area contributed by atoms with Gasteiger partial charge in [-0.2, -0.15) is 0 Å². The van der Waals surface area contributed by atoms with E-state index in [1.165, 1.54) is 0 Å². The maximum Gasteiger partial charge on any atom is 0.308 e. The Bertz CT molecular complexity index is 211. The van der Waals surface area contributed by atoms with E-state index >= 15 is 0 Å². The van der Waals surface area contributed by atoms with Gasteiger partial charge >= 0.3 is 5.97 Å². The van der Waals surface area contributed by atoms with Crippen LogP contribution in [0, 0.1) is 11.8 Å². The highest BCUT2D eigenvalue weighted by molar-refractivity contribution is 5.70. The van der Waals surface area contributed by atoms with Gasteiger partial charge in [0.2, 0.25) is 0 Å². The van der Waals surface area contributed by atoms with Gasteiger partial charge in [-0.15, -0.1) is 0 Å². The Hall–Kier alpha value is -0.610. The van der Waals surface area contributed by atoms with Gasteiger partial charge in [-0.3, -0.25) is 4.79 Å². The van der Waals surface area contributed by atoms with Crippen molar-refractivity contribution in [2.45, 2.75) is 32.7 Å². The molecular formula is C11H22N2O2. The first-order chi connectivity index (χ1) is 7.06. The minimum atomic E-state index is -0.736. The van der Waals surface area contributed by atoms with Crippen molar-refractivity contribution in [2.75, 3.05) is 19.6 Å². The van der Waals surface area contributed by atoms with Crippen molar-refractivity contribution in [1.29, 1.82) is 0 Å². The average molecular weight is 214 g/mol. The first kappa shape index (κ1) is 12.5. The lowest BCUT2D eigenvalue weighted by atomic mass is 9.84. The molecule has 0 aromatic heterocycles. The number of carboxylic acids is 1. The van der Waals surface area contributed by atoms with Crippen LogP contribution < -0.4 is 5.73 Å². The third-order valence-corrected chi connectivity index (χ3v) is 3.44. The molecule has 1 aliphatic rings. The molecule has 88 valence electrons. The van der Waals surface area contributed by atoms with Gasteiger partial charge in [-0.25, -0.2) is 0 Å². The molecule has 0 aromatic rings. The van der Waals surface area contributed by atoms with E-state index in [1.54, 1.807) is 0 Å². The molecule has 1 heterocycles. The largest absolute Gasteiger partial charge is 0.481 e. The molecule has 1 aliphatic heterocycles. The summed E-state index contributed by atoms with van der Waals surface area (Å²) in [5.41, 5.74) is 5.50. The van der Waals surface area contributed by atoms with Gasteiger partial charge in [0, 0.05) is 12.6 Å². The highest BCUT2D eigenvalue weighted by Gasteiger charge is 2.30. The van der Waals surface area contributed by atoms with E-state index in [-0.39, 0.29) is 18.4 Å². The number of likely N-dealkylation sites (tertiary alicyclic amines) is 1. The van der Waals surface area contributed by atoms with Crippen LogP contribution >= 0.6 is 0 Å². The number of piperidine rings is 1. The molecule has 4 heteroatoms. The van der Waals surface area contributed by atoms with E-state index < -0.39 is 5.97 Å². The summed E-state index contributed by atoms with van der Waals surface area (Å²) >= 11 is 0. The number of rotatable bonds is 4. The minimum Gasteiger partial charge on any atom is -0.481 e. The van der Waals surface area contributed by atoms with Crippen molar-refractivity contribution in [3.05, 3.63) is 0 Å². The molecule has 1 saturated heterocycles. The summed E-state index contributed by atoms with van der Waals surface area (Å²) in [5.74, 6) is -0.817. The number of carboxylic acid groups (broad SMARTS) is 1. The third-order valence-electron chi connectivity index (χ3n) is 3.44. The topological polar surface area (TPSA) is 66.6 Å². The Kier molecular flexibility index (Phi) is 4.54. The van der Waals surface area contributed by atoms with Gasteiger partial charge in [-0.1, -0.05) is 0 Å². The van der Waals surface area contributed by atoms with Crippen LogP contribution in [0.15, 0.2) is 0 Å². The van der Waals surface area contributed by atoms with Gasteiger partial charge in [0.15, 0.2) is 0 Å². The Balaban J connectivity index is 2.45. The lowest BCUT2D eigenvalue weighted by molar-refractivity contribution is -0.144. The molecule has 0 aromatic carbocycles. The predicted octanol–water partition coefficient (Wildman–Crippen LogP) is 0.766. The highest BCUT2D eigenvalue weighted by Crippen LogP contribution is 2.25. The van der Waals surface area contributed by atoms with E-state index in [2.05, 4.69) is 18.7 Å². The van der Waals surface area contributed by atoms with Crippen molar-refractivity contribution < 1.29 is 9.90 Å². The summed E-state index contributed by atoms with van der Waals surface area (Å²) in [5, 5.41) is 9.01. The summed E-state index contributed by atoms with van der Waals surface area (Å²) in [6.45, 7) is 6.63. The maximum absolute atomic E-state index is 11.0. The lowest BCUT2D eigenvalue weighted by Gasteiger charge is -2.36. The zero-order valence-electron chi connectivity index (χ0n) is 9.65. The quantitative estimate of drug-likeness (QED) is 0.725.